The highest BCUT2D eigenvalue weighted by molar-refractivity contribution is 5.75. The number of nitrogens with one attached hydrogen (secondary N) is 2. The van der Waals surface area contributed by atoms with Gasteiger partial charge >= 0.3 is 6.03 Å². The zero-order valence-corrected chi connectivity index (χ0v) is 13.0. The van der Waals surface area contributed by atoms with Gasteiger partial charge in [0.05, 0.1) is 6.10 Å². The van der Waals surface area contributed by atoms with Crippen LogP contribution in [0.2, 0.25) is 0 Å². The van der Waals surface area contributed by atoms with Crippen molar-refractivity contribution in [3.63, 3.8) is 0 Å². The van der Waals surface area contributed by atoms with Crippen molar-refractivity contribution in [3.8, 4) is 0 Å². The Kier molecular flexibility index (Phi) is 4.59. The maximum atomic E-state index is 12.2. The molecular formula is C15H28N2O3. The van der Waals surface area contributed by atoms with E-state index in [9.17, 15) is 4.79 Å². The van der Waals surface area contributed by atoms with Gasteiger partial charge in [-0.15, -0.1) is 0 Å². The van der Waals surface area contributed by atoms with Crippen molar-refractivity contribution in [1.29, 1.82) is 0 Å². The molecule has 1 saturated heterocycles. The van der Waals surface area contributed by atoms with Crippen molar-refractivity contribution in [3.05, 3.63) is 0 Å². The molecule has 3 N–H and O–H groups in total. The van der Waals surface area contributed by atoms with E-state index < -0.39 is 0 Å². The fourth-order valence-electron chi connectivity index (χ4n) is 3.68. The van der Waals surface area contributed by atoms with E-state index in [4.69, 9.17) is 9.84 Å². The topological polar surface area (TPSA) is 70.6 Å². The molecule has 2 aliphatic rings. The van der Waals surface area contributed by atoms with Gasteiger partial charge in [0.15, 0.2) is 0 Å². The molecule has 116 valence electrons. The summed E-state index contributed by atoms with van der Waals surface area (Å²) in [4.78, 5) is 12.2. The Morgan fingerprint density at radius 2 is 2.15 bits per heavy atom. The summed E-state index contributed by atoms with van der Waals surface area (Å²) in [7, 11) is 0. The molecule has 0 radical (unpaired) electrons. The average molecular weight is 284 g/mol. The van der Waals surface area contributed by atoms with Gasteiger partial charge in [0.1, 0.15) is 0 Å². The van der Waals surface area contributed by atoms with E-state index in [0.29, 0.717) is 18.3 Å². The maximum Gasteiger partial charge on any atom is 0.315 e. The number of carbonyl (C=O) groups is 1. The molecule has 4 unspecified atom stereocenters. The largest absolute Gasteiger partial charge is 0.396 e. The quantitative estimate of drug-likeness (QED) is 0.716. The van der Waals surface area contributed by atoms with E-state index in [2.05, 4.69) is 38.3 Å². The third-order valence-corrected chi connectivity index (χ3v) is 4.95. The van der Waals surface area contributed by atoms with E-state index in [-0.39, 0.29) is 36.2 Å². The zero-order valence-electron chi connectivity index (χ0n) is 13.0. The van der Waals surface area contributed by atoms with Crippen LogP contribution in [0.4, 0.5) is 4.79 Å². The van der Waals surface area contributed by atoms with Gasteiger partial charge < -0.3 is 20.5 Å². The lowest BCUT2D eigenvalue weighted by Crippen LogP contribution is -2.68. The predicted molar refractivity (Wildman–Crippen MR) is 77.4 cm³/mol. The smallest absolute Gasteiger partial charge is 0.315 e. The van der Waals surface area contributed by atoms with Crippen LogP contribution in [0.5, 0.6) is 0 Å². The lowest BCUT2D eigenvalue weighted by molar-refractivity contribution is -0.108. The number of hydrogen-bond acceptors (Lipinski definition) is 3. The normalized spacial score (nSPS) is 32.4. The standard InChI is InChI=1S/C15H28N2O3/c1-9(2)11(5-7-18)16-14(19)17-12-10-6-8-20-13(10)15(12,3)4/h9-13,18H,5-8H2,1-4H3,(H2,16,17,19). The van der Waals surface area contributed by atoms with Gasteiger partial charge in [-0.05, 0) is 18.8 Å². The summed E-state index contributed by atoms with van der Waals surface area (Å²) in [6.45, 7) is 9.30. The fourth-order valence-corrected chi connectivity index (χ4v) is 3.68. The summed E-state index contributed by atoms with van der Waals surface area (Å²) in [5.74, 6) is 0.760. The number of hydrogen-bond donors (Lipinski definition) is 3. The van der Waals surface area contributed by atoms with Crippen molar-refractivity contribution in [1.82, 2.24) is 10.6 Å². The number of ether oxygens (including phenoxy) is 1. The summed E-state index contributed by atoms with van der Waals surface area (Å²) in [5, 5.41) is 15.1. The van der Waals surface area contributed by atoms with Gasteiger partial charge in [0, 0.05) is 36.6 Å². The van der Waals surface area contributed by atoms with Crippen molar-refractivity contribution in [2.24, 2.45) is 17.3 Å². The molecule has 20 heavy (non-hydrogen) atoms. The molecule has 2 amide bonds. The van der Waals surface area contributed by atoms with Gasteiger partial charge in [-0.2, -0.15) is 0 Å². The van der Waals surface area contributed by atoms with E-state index in [1.165, 1.54) is 0 Å². The van der Waals surface area contributed by atoms with Gasteiger partial charge in [-0.3, -0.25) is 0 Å². The second-order valence-electron chi connectivity index (χ2n) is 7.02. The minimum atomic E-state index is -0.124. The first-order valence-electron chi connectivity index (χ1n) is 7.67. The highest BCUT2D eigenvalue weighted by Crippen LogP contribution is 2.52. The summed E-state index contributed by atoms with van der Waals surface area (Å²) in [5.41, 5.74) is 0.00279. The molecule has 1 aliphatic carbocycles. The lowest BCUT2D eigenvalue weighted by atomic mass is 9.57. The second kappa shape index (κ2) is 5.90. The number of urea groups is 1. The molecule has 0 aromatic heterocycles. The summed E-state index contributed by atoms with van der Waals surface area (Å²) in [6.07, 6.45) is 1.91. The third kappa shape index (κ3) is 2.79. The molecular weight excluding hydrogens is 256 g/mol. The summed E-state index contributed by atoms with van der Waals surface area (Å²) in [6, 6.07) is 0.0660. The van der Waals surface area contributed by atoms with Crippen molar-refractivity contribution >= 4 is 6.03 Å². The van der Waals surface area contributed by atoms with Crippen molar-refractivity contribution in [2.45, 2.75) is 58.7 Å². The molecule has 0 spiro atoms. The Bertz CT molecular complexity index is 357. The number of carbonyl (C=O) groups excluding carboxylic acids is 1. The van der Waals surface area contributed by atoms with Crippen molar-refractivity contribution < 1.29 is 14.6 Å². The first kappa shape index (κ1) is 15.6. The van der Waals surface area contributed by atoms with Crippen LogP contribution in [-0.4, -0.2) is 42.5 Å². The zero-order chi connectivity index (χ0) is 14.9. The molecule has 5 heteroatoms. The minimum absolute atomic E-state index is 0.00279. The Balaban J connectivity index is 1.88. The molecule has 0 bridgehead atoms. The van der Waals surface area contributed by atoms with E-state index in [1.54, 1.807) is 0 Å². The molecule has 1 aliphatic heterocycles. The number of fused-ring (bicyclic) bond motifs is 1. The highest BCUT2D eigenvalue weighted by atomic mass is 16.5. The van der Waals surface area contributed by atoms with E-state index in [1.807, 2.05) is 0 Å². The third-order valence-electron chi connectivity index (χ3n) is 4.95. The molecule has 4 atom stereocenters. The van der Waals surface area contributed by atoms with Gasteiger partial charge in [0.25, 0.3) is 0 Å². The fraction of sp³-hybridized carbons (Fsp3) is 0.933. The molecule has 5 nitrogen and oxygen atoms in total. The van der Waals surface area contributed by atoms with Crippen LogP contribution in [0.1, 0.15) is 40.5 Å². The number of rotatable bonds is 5. The monoisotopic (exact) mass is 284 g/mol. The summed E-state index contributed by atoms with van der Waals surface area (Å²) >= 11 is 0. The molecule has 2 rings (SSSR count). The molecule has 0 aromatic rings. The molecule has 1 heterocycles. The van der Waals surface area contributed by atoms with Gasteiger partial charge in [0.2, 0.25) is 0 Å². The average Bonchev–Trinajstić information content (AvgIpc) is 2.82. The minimum Gasteiger partial charge on any atom is -0.396 e. The maximum absolute atomic E-state index is 12.2. The van der Waals surface area contributed by atoms with Crippen LogP contribution >= 0.6 is 0 Å². The van der Waals surface area contributed by atoms with E-state index in [0.717, 1.165) is 13.0 Å². The van der Waals surface area contributed by atoms with Crippen LogP contribution in [0.3, 0.4) is 0 Å². The van der Waals surface area contributed by atoms with Crippen LogP contribution in [-0.2, 0) is 4.74 Å². The molecule has 2 fully saturated rings. The highest BCUT2D eigenvalue weighted by Gasteiger charge is 2.59. The van der Waals surface area contributed by atoms with Gasteiger partial charge in [-0.1, -0.05) is 27.7 Å². The van der Waals surface area contributed by atoms with Crippen molar-refractivity contribution in [2.75, 3.05) is 13.2 Å². The Morgan fingerprint density at radius 3 is 2.75 bits per heavy atom. The lowest BCUT2D eigenvalue weighted by Gasteiger charge is -2.54. The first-order valence-corrected chi connectivity index (χ1v) is 7.67. The van der Waals surface area contributed by atoms with Crippen LogP contribution < -0.4 is 10.6 Å². The van der Waals surface area contributed by atoms with Crippen LogP contribution in [0.15, 0.2) is 0 Å². The number of amides is 2. The summed E-state index contributed by atoms with van der Waals surface area (Å²) < 4.78 is 5.73. The number of aliphatic hydroxyl groups excluding tert-OH is 1. The number of aliphatic hydroxyl groups is 1. The SMILES string of the molecule is CC(C)C(CCO)NC(=O)NC1C2CCOC2C1(C)C. The van der Waals surface area contributed by atoms with Crippen LogP contribution in [0.25, 0.3) is 0 Å². The van der Waals surface area contributed by atoms with Crippen LogP contribution in [0, 0.1) is 17.3 Å². The Hall–Kier alpha value is -0.810. The predicted octanol–water partition coefficient (Wildman–Crippen LogP) is 1.51. The molecule has 1 saturated carbocycles. The van der Waals surface area contributed by atoms with E-state index >= 15 is 0 Å². The molecule has 0 aromatic carbocycles. The second-order valence-corrected chi connectivity index (χ2v) is 7.02. The first-order chi connectivity index (χ1) is 9.37. The Labute approximate surface area is 121 Å². The Morgan fingerprint density at radius 1 is 1.45 bits per heavy atom. The van der Waals surface area contributed by atoms with Gasteiger partial charge in [-0.25, -0.2) is 4.79 Å².